The molecule has 2 aromatic rings. The van der Waals surface area contributed by atoms with Gasteiger partial charge in [0.2, 0.25) is 0 Å². The predicted octanol–water partition coefficient (Wildman–Crippen LogP) is 4.14. The minimum Gasteiger partial charge on any atom is -0.495 e. The van der Waals surface area contributed by atoms with E-state index in [0.717, 1.165) is 28.1 Å². The lowest BCUT2D eigenvalue weighted by Gasteiger charge is -2.22. The number of nitrogens with zero attached hydrogens (tertiary/aromatic N) is 1. The highest BCUT2D eigenvalue weighted by Crippen LogP contribution is 2.31. The van der Waals surface area contributed by atoms with Crippen molar-refractivity contribution in [3.05, 3.63) is 52.5 Å². The van der Waals surface area contributed by atoms with Gasteiger partial charge in [-0.1, -0.05) is 28.1 Å². The van der Waals surface area contributed by atoms with E-state index in [1.54, 1.807) is 7.11 Å². The van der Waals surface area contributed by atoms with Crippen molar-refractivity contribution in [2.45, 2.75) is 6.54 Å². The van der Waals surface area contributed by atoms with E-state index in [1.807, 2.05) is 19.2 Å². The Morgan fingerprint density at radius 3 is 2.45 bits per heavy atom. The van der Waals surface area contributed by atoms with Crippen molar-refractivity contribution in [3.63, 3.8) is 0 Å². The highest BCUT2D eigenvalue weighted by Gasteiger charge is 2.09. The molecule has 0 atom stereocenters. The summed E-state index contributed by atoms with van der Waals surface area (Å²) in [5, 5.41) is 3.13. The fourth-order valence-corrected chi connectivity index (χ4v) is 2.45. The molecule has 2 aromatic carbocycles. The molecule has 4 heteroatoms. The number of nitrogens with one attached hydrogen (secondary N) is 1. The first kappa shape index (κ1) is 14.7. The number of benzene rings is 2. The van der Waals surface area contributed by atoms with Gasteiger partial charge >= 0.3 is 0 Å². The van der Waals surface area contributed by atoms with Gasteiger partial charge in [-0.25, -0.2) is 0 Å². The van der Waals surface area contributed by atoms with Crippen LogP contribution in [0.5, 0.6) is 5.75 Å². The maximum Gasteiger partial charge on any atom is 0.142 e. The van der Waals surface area contributed by atoms with Crippen LogP contribution in [0.15, 0.2) is 46.9 Å². The molecule has 0 amide bonds. The molecule has 0 aliphatic carbocycles. The summed E-state index contributed by atoms with van der Waals surface area (Å²) in [5.74, 6) is 0.877. The lowest BCUT2D eigenvalue weighted by Crippen LogP contribution is -2.17. The molecule has 0 spiro atoms. The Hall–Kier alpha value is -1.68. The highest BCUT2D eigenvalue weighted by molar-refractivity contribution is 9.10. The van der Waals surface area contributed by atoms with E-state index >= 15 is 0 Å². The highest BCUT2D eigenvalue weighted by atomic mass is 79.9. The van der Waals surface area contributed by atoms with E-state index in [-0.39, 0.29) is 0 Å². The lowest BCUT2D eigenvalue weighted by atomic mass is 10.2. The molecule has 0 aliphatic rings. The second kappa shape index (κ2) is 6.66. The molecule has 0 fully saturated rings. The fraction of sp³-hybridized carbons (Fsp3) is 0.250. The zero-order chi connectivity index (χ0) is 14.5. The monoisotopic (exact) mass is 334 g/mol. The molecular weight excluding hydrogens is 316 g/mol. The van der Waals surface area contributed by atoms with E-state index < -0.39 is 0 Å². The smallest absolute Gasteiger partial charge is 0.142 e. The molecule has 0 radical (unpaired) electrons. The topological polar surface area (TPSA) is 24.5 Å². The zero-order valence-corrected chi connectivity index (χ0v) is 13.6. The number of ether oxygens (including phenoxy) is 1. The van der Waals surface area contributed by atoms with Gasteiger partial charge in [-0.05, 0) is 35.9 Å². The summed E-state index contributed by atoms with van der Waals surface area (Å²) in [6, 6.07) is 14.5. The molecular formula is C16H19BrN2O. The van der Waals surface area contributed by atoms with Crippen LogP contribution < -0.4 is 15.0 Å². The molecule has 0 saturated carbocycles. The van der Waals surface area contributed by atoms with Crippen molar-refractivity contribution >= 4 is 27.3 Å². The quantitative estimate of drug-likeness (QED) is 0.889. The number of hydrogen-bond acceptors (Lipinski definition) is 3. The third-order valence-electron chi connectivity index (χ3n) is 3.21. The van der Waals surface area contributed by atoms with Crippen molar-refractivity contribution in [2.75, 3.05) is 31.4 Å². The van der Waals surface area contributed by atoms with E-state index in [4.69, 9.17) is 4.74 Å². The van der Waals surface area contributed by atoms with Crippen molar-refractivity contribution in [3.8, 4) is 5.75 Å². The average molecular weight is 335 g/mol. The fourth-order valence-electron chi connectivity index (χ4n) is 2.10. The number of methoxy groups -OCH3 is 1. The Labute approximate surface area is 128 Å². The molecule has 2 rings (SSSR count). The number of hydrogen-bond donors (Lipinski definition) is 1. The van der Waals surface area contributed by atoms with Crippen LogP contribution in [0.25, 0.3) is 0 Å². The number of anilines is 2. The van der Waals surface area contributed by atoms with Gasteiger partial charge in [0, 0.05) is 30.8 Å². The molecule has 3 nitrogen and oxygen atoms in total. The van der Waals surface area contributed by atoms with E-state index in [2.05, 4.69) is 63.5 Å². The minimum atomic E-state index is 0.830. The Bertz CT molecular complexity index is 569. The van der Waals surface area contributed by atoms with Gasteiger partial charge in [-0.2, -0.15) is 0 Å². The van der Waals surface area contributed by atoms with E-state index in [0.29, 0.717) is 0 Å². The largest absolute Gasteiger partial charge is 0.495 e. The predicted molar refractivity (Wildman–Crippen MR) is 88.8 cm³/mol. The maximum absolute atomic E-state index is 5.42. The summed E-state index contributed by atoms with van der Waals surface area (Å²) in [6.45, 7) is 0.830. The van der Waals surface area contributed by atoms with Gasteiger partial charge in [0.15, 0.2) is 0 Å². The SMILES string of the molecule is CNc1ccc(CN(C)c2cc(Br)ccc2OC)cc1. The summed E-state index contributed by atoms with van der Waals surface area (Å²) in [5.41, 5.74) is 3.45. The van der Waals surface area contributed by atoms with Crippen LogP contribution in [0.1, 0.15) is 5.56 Å². The first-order chi connectivity index (χ1) is 9.63. The van der Waals surface area contributed by atoms with Gasteiger partial charge in [0.1, 0.15) is 5.75 Å². The van der Waals surface area contributed by atoms with Crippen LogP contribution in [0.4, 0.5) is 11.4 Å². The molecule has 1 N–H and O–H groups in total. The third kappa shape index (κ3) is 3.45. The van der Waals surface area contributed by atoms with Gasteiger partial charge in [0.25, 0.3) is 0 Å². The Morgan fingerprint density at radius 1 is 1.15 bits per heavy atom. The van der Waals surface area contributed by atoms with E-state index in [9.17, 15) is 0 Å². The molecule has 20 heavy (non-hydrogen) atoms. The Balaban J connectivity index is 2.18. The Morgan fingerprint density at radius 2 is 1.85 bits per heavy atom. The molecule has 0 aromatic heterocycles. The molecule has 106 valence electrons. The summed E-state index contributed by atoms with van der Waals surface area (Å²) in [4.78, 5) is 2.18. The van der Waals surface area contributed by atoms with Crippen LogP contribution in [0.3, 0.4) is 0 Å². The third-order valence-corrected chi connectivity index (χ3v) is 3.71. The van der Waals surface area contributed by atoms with Crippen molar-refractivity contribution in [2.24, 2.45) is 0 Å². The molecule has 0 heterocycles. The van der Waals surface area contributed by atoms with E-state index in [1.165, 1.54) is 5.56 Å². The van der Waals surface area contributed by atoms with Gasteiger partial charge < -0.3 is 15.0 Å². The summed E-state index contributed by atoms with van der Waals surface area (Å²) >= 11 is 3.51. The van der Waals surface area contributed by atoms with Crippen molar-refractivity contribution < 1.29 is 4.74 Å². The number of rotatable bonds is 5. The van der Waals surface area contributed by atoms with Crippen molar-refractivity contribution in [1.82, 2.24) is 0 Å². The second-order valence-corrected chi connectivity index (χ2v) is 5.53. The van der Waals surface area contributed by atoms with Crippen LogP contribution in [-0.4, -0.2) is 21.2 Å². The normalized spacial score (nSPS) is 10.2. The molecule has 0 saturated heterocycles. The van der Waals surface area contributed by atoms with Crippen LogP contribution in [-0.2, 0) is 6.54 Å². The molecule has 0 aliphatic heterocycles. The van der Waals surface area contributed by atoms with Crippen LogP contribution in [0, 0.1) is 0 Å². The molecule has 0 unspecified atom stereocenters. The summed E-state index contributed by atoms with van der Waals surface area (Å²) in [7, 11) is 5.69. The van der Waals surface area contributed by atoms with Gasteiger partial charge in [0.05, 0.1) is 12.8 Å². The molecule has 0 bridgehead atoms. The maximum atomic E-state index is 5.42. The zero-order valence-electron chi connectivity index (χ0n) is 12.0. The summed E-state index contributed by atoms with van der Waals surface area (Å²) in [6.07, 6.45) is 0. The van der Waals surface area contributed by atoms with Gasteiger partial charge in [-0.15, -0.1) is 0 Å². The minimum absolute atomic E-state index is 0.830. The Kier molecular flexibility index (Phi) is 4.90. The van der Waals surface area contributed by atoms with Crippen LogP contribution >= 0.6 is 15.9 Å². The summed E-state index contributed by atoms with van der Waals surface area (Å²) < 4.78 is 6.47. The van der Waals surface area contributed by atoms with Gasteiger partial charge in [-0.3, -0.25) is 0 Å². The number of halogens is 1. The van der Waals surface area contributed by atoms with Crippen LogP contribution in [0.2, 0.25) is 0 Å². The van der Waals surface area contributed by atoms with Crippen molar-refractivity contribution in [1.29, 1.82) is 0 Å². The first-order valence-electron chi connectivity index (χ1n) is 6.45. The first-order valence-corrected chi connectivity index (χ1v) is 7.24. The standard InChI is InChI=1S/C16H19BrN2O/c1-18-14-7-4-12(5-8-14)11-19(2)15-10-13(17)6-9-16(15)20-3/h4-10,18H,11H2,1-3H3. The lowest BCUT2D eigenvalue weighted by molar-refractivity contribution is 0.414. The average Bonchev–Trinajstić information content (AvgIpc) is 2.48. The second-order valence-electron chi connectivity index (χ2n) is 4.62.